The van der Waals surface area contributed by atoms with E-state index >= 15 is 0 Å². The number of ether oxygens (including phenoxy) is 3. The molecule has 198 valence electrons. The summed E-state index contributed by atoms with van der Waals surface area (Å²) in [6, 6.07) is 15.0. The van der Waals surface area contributed by atoms with Gasteiger partial charge in [0.15, 0.2) is 11.5 Å². The van der Waals surface area contributed by atoms with Gasteiger partial charge >= 0.3 is 0 Å². The van der Waals surface area contributed by atoms with Crippen molar-refractivity contribution in [3.8, 4) is 17.2 Å². The molecule has 4 aromatic rings. The molecule has 0 radical (unpaired) electrons. The fourth-order valence-electron chi connectivity index (χ4n) is 3.84. The predicted octanol–water partition coefficient (Wildman–Crippen LogP) is 7.51. The summed E-state index contributed by atoms with van der Waals surface area (Å²) in [7, 11) is 3.13. The molecule has 10 heteroatoms. The fraction of sp³-hybridized carbons (Fsp3) is 0.250. The number of hydrogen-bond acceptors (Lipinski definition) is 6. The molecule has 0 saturated heterocycles. The van der Waals surface area contributed by atoms with Crippen LogP contribution in [-0.2, 0) is 13.0 Å². The molecule has 0 unspecified atom stereocenters. The highest BCUT2D eigenvalue weighted by molar-refractivity contribution is 9.11. The number of aromatic nitrogens is 2. The molecule has 7 nitrogen and oxygen atoms in total. The number of methoxy groups -OCH3 is 2. The molecule has 0 bridgehead atoms. The smallest absolute Gasteiger partial charge is 0.282 e. The van der Waals surface area contributed by atoms with E-state index < -0.39 is 0 Å². The van der Waals surface area contributed by atoms with Crippen molar-refractivity contribution in [3.05, 3.63) is 89.3 Å². The molecule has 0 amide bonds. The Labute approximate surface area is 246 Å². The zero-order valence-electron chi connectivity index (χ0n) is 21.1. The number of fused-ring (bicyclic) bond motifs is 1. The fourth-order valence-corrected chi connectivity index (χ4v) is 5.36. The summed E-state index contributed by atoms with van der Waals surface area (Å²) in [5.41, 5.74) is 2.08. The van der Waals surface area contributed by atoms with Gasteiger partial charge in [0.1, 0.15) is 12.4 Å². The van der Waals surface area contributed by atoms with Gasteiger partial charge in [0.2, 0.25) is 5.75 Å². The summed E-state index contributed by atoms with van der Waals surface area (Å²) in [4.78, 5) is 18.1. The lowest BCUT2D eigenvalue weighted by Gasteiger charge is -2.16. The second-order valence-corrected chi connectivity index (χ2v) is 11.1. The Balaban J connectivity index is 1.70. The van der Waals surface area contributed by atoms with Crippen LogP contribution in [0.4, 0.5) is 0 Å². The number of halogens is 3. The zero-order valence-corrected chi connectivity index (χ0v) is 25.9. The van der Waals surface area contributed by atoms with Crippen molar-refractivity contribution in [3.63, 3.8) is 0 Å². The van der Waals surface area contributed by atoms with Gasteiger partial charge in [-0.25, -0.2) is 4.98 Å². The third-order valence-corrected chi connectivity index (χ3v) is 7.55. The van der Waals surface area contributed by atoms with Gasteiger partial charge in [0.05, 0.1) is 31.3 Å². The van der Waals surface area contributed by atoms with Gasteiger partial charge in [-0.2, -0.15) is 9.78 Å². The van der Waals surface area contributed by atoms with Crippen LogP contribution in [-0.4, -0.2) is 30.1 Å². The molecule has 0 spiro atoms. The summed E-state index contributed by atoms with van der Waals surface area (Å²) in [5.74, 6) is 2.05. The molecular weight excluding hydrogens is 682 g/mol. The Morgan fingerprint density at radius 3 is 2.32 bits per heavy atom. The highest BCUT2D eigenvalue weighted by atomic mass is 79.9. The van der Waals surface area contributed by atoms with Gasteiger partial charge in [0, 0.05) is 31.0 Å². The molecule has 0 N–H and O–H groups in total. The maximum absolute atomic E-state index is 13.4. The number of nitrogens with zero attached hydrogens (tertiary/aromatic N) is 3. The maximum atomic E-state index is 13.4. The summed E-state index contributed by atoms with van der Waals surface area (Å²) in [6.45, 7) is 2.41. The van der Waals surface area contributed by atoms with Gasteiger partial charge < -0.3 is 14.2 Å². The molecule has 0 fully saturated rings. The Morgan fingerprint density at radius 2 is 1.66 bits per heavy atom. The Bertz CT molecular complexity index is 1530. The van der Waals surface area contributed by atoms with E-state index in [-0.39, 0.29) is 5.56 Å². The minimum absolute atomic E-state index is 0.224. The quantitative estimate of drug-likeness (QED) is 0.160. The Morgan fingerprint density at radius 1 is 0.974 bits per heavy atom. The zero-order chi connectivity index (χ0) is 27.2. The highest BCUT2D eigenvalue weighted by Gasteiger charge is 2.16. The number of hydrogen-bond donors (Lipinski definition) is 0. The van der Waals surface area contributed by atoms with Crippen LogP contribution < -0.4 is 19.8 Å². The summed E-state index contributed by atoms with van der Waals surface area (Å²) >= 11 is 10.5. The first-order valence-electron chi connectivity index (χ1n) is 11.9. The van der Waals surface area contributed by atoms with E-state index in [1.165, 1.54) is 4.68 Å². The minimum Gasteiger partial charge on any atom is -0.493 e. The van der Waals surface area contributed by atoms with Crippen LogP contribution in [0, 0.1) is 0 Å². The van der Waals surface area contributed by atoms with Gasteiger partial charge in [-0.3, -0.25) is 4.79 Å². The average molecular weight is 708 g/mol. The molecule has 4 rings (SSSR count). The van der Waals surface area contributed by atoms with Crippen molar-refractivity contribution in [1.82, 2.24) is 9.66 Å². The van der Waals surface area contributed by atoms with E-state index in [0.29, 0.717) is 52.6 Å². The van der Waals surface area contributed by atoms with E-state index in [0.717, 1.165) is 31.8 Å². The number of unbranched alkanes of at least 4 members (excludes halogenated alkanes) is 1. The van der Waals surface area contributed by atoms with Crippen LogP contribution in [0.15, 0.2) is 71.8 Å². The average Bonchev–Trinajstić information content (AvgIpc) is 2.91. The lowest BCUT2D eigenvalue weighted by molar-refractivity contribution is 0.265. The van der Waals surface area contributed by atoms with Crippen LogP contribution in [0.25, 0.3) is 10.9 Å². The molecule has 0 aliphatic rings. The summed E-state index contributed by atoms with van der Waals surface area (Å²) < 4.78 is 21.4. The van der Waals surface area contributed by atoms with E-state index in [1.807, 2.05) is 30.3 Å². The first kappa shape index (κ1) is 28.3. The first-order chi connectivity index (χ1) is 18.3. The molecule has 1 heterocycles. The van der Waals surface area contributed by atoms with E-state index in [1.54, 1.807) is 38.6 Å². The van der Waals surface area contributed by atoms with E-state index in [4.69, 9.17) is 19.2 Å². The Kier molecular flexibility index (Phi) is 9.62. The second-order valence-electron chi connectivity index (χ2n) is 8.43. The number of rotatable bonds is 10. The van der Waals surface area contributed by atoms with Crippen molar-refractivity contribution in [2.24, 2.45) is 5.10 Å². The van der Waals surface area contributed by atoms with Crippen LogP contribution in [0.2, 0.25) is 0 Å². The third kappa shape index (κ3) is 6.47. The van der Waals surface area contributed by atoms with Crippen molar-refractivity contribution in [2.75, 3.05) is 14.2 Å². The third-order valence-electron chi connectivity index (χ3n) is 5.82. The van der Waals surface area contributed by atoms with Gasteiger partial charge in [-0.05, 0) is 48.9 Å². The van der Waals surface area contributed by atoms with E-state index in [9.17, 15) is 4.79 Å². The SMILES string of the molecule is CCCCc1nc2ccc(Br)cc2c(=O)n1N=Cc1cc(OC)c(OCc2ccc(Br)cc2Br)c(OC)c1. The summed E-state index contributed by atoms with van der Waals surface area (Å²) in [5, 5.41) is 5.04. The molecule has 0 atom stereocenters. The van der Waals surface area contributed by atoms with Crippen molar-refractivity contribution < 1.29 is 14.2 Å². The van der Waals surface area contributed by atoms with E-state index in [2.05, 4.69) is 59.8 Å². The van der Waals surface area contributed by atoms with Gasteiger partial charge in [0.25, 0.3) is 5.56 Å². The minimum atomic E-state index is -0.224. The highest BCUT2D eigenvalue weighted by Crippen LogP contribution is 2.39. The van der Waals surface area contributed by atoms with Gasteiger partial charge in [-0.1, -0.05) is 67.2 Å². The Hall–Kier alpha value is -2.69. The van der Waals surface area contributed by atoms with Crippen molar-refractivity contribution in [2.45, 2.75) is 32.8 Å². The second kappa shape index (κ2) is 12.9. The molecule has 0 saturated carbocycles. The maximum Gasteiger partial charge on any atom is 0.282 e. The molecule has 0 aliphatic heterocycles. The topological polar surface area (TPSA) is 74.9 Å². The van der Waals surface area contributed by atoms with Crippen molar-refractivity contribution in [1.29, 1.82) is 0 Å². The molecule has 38 heavy (non-hydrogen) atoms. The largest absolute Gasteiger partial charge is 0.493 e. The number of benzene rings is 3. The monoisotopic (exact) mass is 705 g/mol. The summed E-state index contributed by atoms with van der Waals surface area (Å²) in [6.07, 6.45) is 4.11. The molecule has 3 aromatic carbocycles. The lowest BCUT2D eigenvalue weighted by atomic mass is 10.2. The van der Waals surface area contributed by atoms with Crippen LogP contribution in [0.3, 0.4) is 0 Å². The lowest BCUT2D eigenvalue weighted by Crippen LogP contribution is -2.22. The van der Waals surface area contributed by atoms with Gasteiger partial charge in [-0.15, -0.1) is 0 Å². The number of aryl methyl sites for hydroxylation is 1. The first-order valence-corrected chi connectivity index (χ1v) is 14.3. The van der Waals surface area contributed by atoms with Crippen LogP contribution in [0.5, 0.6) is 17.2 Å². The normalized spacial score (nSPS) is 11.3. The van der Waals surface area contributed by atoms with Crippen LogP contribution in [0.1, 0.15) is 36.7 Å². The standard InChI is InChI=1S/C28H26Br3N3O4/c1-4-5-6-26-33-23-10-9-19(29)13-21(23)28(35)34(26)32-15-17-11-24(36-2)27(25(12-17)37-3)38-16-18-7-8-20(30)14-22(18)31/h7-15H,4-6,16H2,1-3H3. The molecule has 1 aromatic heterocycles. The van der Waals surface area contributed by atoms with Crippen LogP contribution >= 0.6 is 47.8 Å². The predicted molar refractivity (Wildman–Crippen MR) is 161 cm³/mol. The molecular formula is C28H26Br3N3O4. The molecule has 0 aliphatic carbocycles. The van der Waals surface area contributed by atoms with Crippen molar-refractivity contribution >= 4 is 64.9 Å².